The summed E-state index contributed by atoms with van der Waals surface area (Å²) in [6, 6.07) is 19.6. The second kappa shape index (κ2) is 8.65. The monoisotopic (exact) mass is 434 g/mol. The van der Waals surface area contributed by atoms with E-state index in [-0.39, 0.29) is 22.0 Å². The zero-order chi connectivity index (χ0) is 20.1. The molecule has 0 aliphatic carbocycles. The van der Waals surface area contributed by atoms with Crippen LogP contribution in [0.4, 0.5) is 5.69 Å². The molecule has 28 heavy (non-hydrogen) atoms. The van der Waals surface area contributed by atoms with Crippen LogP contribution in [0.5, 0.6) is 0 Å². The van der Waals surface area contributed by atoms with Crippen LogP contribution in [-0.4, -0.2) is 14.3 Å². The van der Waals surface area contributed by atoms with Gasteiger partial charge in [-0.15, -0.1) is 0 Å². The summed E-state index contributed by atoms with van der Waals surface area (Å²) < 4.78 is 27.8. The zero-order valence-electron chi connectivity index (χ0n) is 14.5. The largest absolute Gasteiger partial charge is 0.348 e. The van der Waals surface area contributed by atoms with Gasteiger partial charge < -0.3 is 5.32 Å². The lowest BCUT2D eigenvalue weighted by molar-refractivity contribution is 0.0950. The first-order valence-corrected chi connectivity index (χ1v) is 10.5. The van der Waals surface area contributed by atoms with Crippen molar-refractivity contribution in [3.05, 3.63) is 94.0 Å². The molecule has 0 radical (unpaired) electrons. The van der Waals surface area contributed by atoms with Crippen molar-refractivity contribution in [2.45, 2.75) is 11.4 Å². The molecule has 0 spiro atoms. The first-order chi connectivity index (χ1) is 13.4. The van der Waals surface area contributed by atoms with E-state index in [9.17, 15) is 13.2 Å². The van der Waals surface area contributed by atoms with Crippen molar-refractivity contribution in [1.82, 2.24) is 5.32 Å². The van der Waals surface area contributed by atoms with E-state index >= 15 is 0 Å². The van der Waals surface area contributed by atoms with Crippen molar-refractivity contribution in [1.29, 1.82) is 0 Å². The van der Waals surface area contributed by atoms with Gasteiger partial charge in [-0.1, -0.05) is 59.6 Å². The summed E-state index contributed by atoms with van der Waals surface area (Å²) in [6.45, 7) is 0.214. The van der Waals surface area contributed by atoms with Crippen molar-refractivity contribution >= 4 is 44.8 Å². The van der Waals surface area contributed by atoms with Gasteiger partial charge >= 0.3 is 0 Å². The summed E-state index contributed by atoms with van der Waals surface area (Å²) in [7, 11) is -3.96. The molecule has 0 fully saturated rings. The van der Waals surface area contributed by atoms with Crippen LogP contribution in [0.15, 0.2) is 77.7 Å². The first kappa shape index (κ1) is 20.2. The lowest BCUT2D eigenvalue weighted by atomic mass is 10.2. The minimum Gasteiger partial charge on any atom is -0.348 e. The summed E-state index contributed by atoms with van der Waals surface area (Å²) >= 11 is 12.2. The van der Waals surface area contributed by atoms with Gasteiger partial charge in [0.2, 0.25) is 0 Å². The number of anilines is 1. The smallest absolute Gasteiger partial charge is 0.263 e. The highest BCUT2D eigenvalue weighted by molar-refractivity contribution is 7.92. The fourth-order valence-corrected chi connectivity index (χ4v) is 4.27. The Kier molecular flexibility index (Phi) is 6.24. The molecule has 0 bridgehead atoms. The number of carbonyl (C=O) groups excluding carboxylic acids is 1. The molecule has 3 rings (SSSR count). The molecule has 0 saturated carbocycles. The summed E-state index contributed by atoms with van der Waals surface area (Å²) in [5.74, 6) is -0.437. The Hall–Kier alpha value is -2.54. The highest BCUT2D eigenvalue weighted by atomic mass is 35.5. The Morgan fingerprint density at radius 3 is 2.25 bits per heavy atom. The number of rotatable bonds is 6. The van der Waals surface area contributed by atoms with Crippen LogP contribution in [0.25, 0.3) is 0 Å². The van der Waals surface area contributed by atoms with Crippen molar-refractivity contribution in [3.8, 4) is 0 Å². The highest BCUT2D eigenvalue weighted by Crippen LogP contribution is 2.25. The maximum atomic E-state index is 12.7. The minimum absolute atomic E-state index is 0.0195. The van der Waals surface area contributed by atoms with E-state index in [1.54, 1.807) is 48.5 Å². The van der Waals surface area contributed by atoms with Crippen molar-refractivity contribution in [2.24, 2.45) is 0 Å². The Morgan fingerprint density at radius 1 is 0.857 bits per heavy atom. The molecular formula is C20H16Cl2N2O3S. The number of para-hydroxylation sites is 1. The summed E-state index contributed by atoms with van der Waals surface area (Å²) in [5.41, 5.74) is 1.32. The van der Waals surface area contributed by atoms with E-state index in [0.717, 1.165) is 5.56 Å². The van der Waals surface area contributed by atoms with Crippen molar-refractivity contribution in [2.75, 3.05) is 4.72 Å². The van der Waals surface area contributed by atoms with Crippen molar-refractivity contribution in [3.63, 3.8) is 0 Å². The molecular weight excluding hydrogens is 419 g/mol. The van der Waals surface area contributed by atoms with Gasteiger partial charge in [-0.3, -0.25) is 9.52 Å². The van der Waals surface area contributed by atoms with E-state index in [0.29, 0.717) is 10.7 Å². The second-order valence-corrected chi connectivity index (χ2v) is 8.36. The van der Waals surface area contributed by atoms with E-state index in [1.807, 2.05) is 6.07 Å². The van der Waals surface area contributed by atoms with Crippen molar-refractivity contribution < 1.29 is 13.2 Å². The molecule has 0 aromatic heterocycles. The molecule has 2 N–H and O–H groups in total. The fraction of sp³-hybridized carbons (Fsp3) is 0.0500. The van der Waals surface area contributed by atoms with Gasteiger partial charge in [0.15, 0.2) is 0 Å². The third kappa shape index (κ3) is 4.84. The molecule has 0 heterocycles. The third-order valence-electron chi connectivity index (χ3n) is 3.91. The summed E-state index contributed by atoms with van der Waals surface area (Å²) in [5, 5.41) is 3.28. The van der Waals surface area contributed by atoms with Gasteiger partial charge in [-0.25, -0.2) is 8.42 Å². The van der Waals surface area contributed by atoms with E-state index < -0.39 is 15.9 Å². The van der Waals surface area contributed by atoms with Crippen LogP contribution in [0, 0.1) is 0 Å². The van der Waals surface area contributed by atoms with Gasteiger partial charge in [-0.2, -0.15) is 0 Å². The Morgan fingerprint density at radius 2 is 1.54 bits per heavy atom. The lowest BCUT2D eigenvalue weighted by Gasteiger charge is -2.12. The van der Waals surface area contributed by atoms with Crippen LogP contribution in [0.1, 0.15) is 15.9 Å². The molecule has 0 saturated heterocycles. The molecule has 3 aromatic carbocycles. The zero-order valence-corrected chi connectivity index (χ0v) is 16.9. The van der Waals surface area contributed by atoms with Gasteiger partial charge in [0.1, 0.15) is 4.90 Å². The van der Waals surface area contributed by atoms with Gasteiger partial charge in [-0.05, 0) is 42.0 Å². The van der Waals surface area contributed by atoms with Gasteiger partial charge in [0, 0.05) is 22.8 Å². The van der Waals surface area contributed by atoms with Crippen LogP contribution in [0.2, 0.25) is 10.0 Å². The number of hydrogen-bond donors (Lipinski definition) is 2. The SMILES string of the molecule is O=C(NCc1ccccc1Cl)c1ccc(Cl)c(S(=O)(=O)Nc2ccccc2)c1. The average Bonchev–Trinajstić information content (AvgIpc) is 2.68. The van der Waals surface area contributed by atoms with E-state index in [2.05, 4.69) is 10.0 Å². The van der Waals surface area contributed by atoms with Gasteiger partial charge in [0.25, 0.3) is 15.9 Å². The molecule has 1 amide bonds. The molecule has 0 aliphatic heterocycles. The second-order valence-electron chi connectivity index (χ2n) is 5.89. The van der Waals surface area contributed by atoms with Crippen LogP contribution in [0.3, 0.4) is 0 Å². The number of halogens is 2. The standard InChI is InChI=1S/C20H16Cl2N2O3S/c21-17-9-5-4-6-15(17)13-23-20(25)14-10-11-18(22)19(12-14)28(26,27)24-16-7-2-1-3-8-16/h1-12,24H,13H2,(H,23,25). The number of nitrogens with one attached hydrogen (secondary N) is 2. The Balaban J connectivity index is 1.80. The van der Waals surface area contributed by atoms with Crippen LogP contribution in [-0.2, 0) is 16.6 Å². The molecule has 0 atom stereocenters. The minimum atomic E-state index is -3.96. The molecule has 8 heteroatoms. The average molecular weight is 435 g/mol. The highest BCUT2D eigenvalue weighted by Gasteiger charge is 2.20. The number of carbonyl (C=O) groups is 1. The predicted molar refractivity (Wildman–Crippen MR) is 111 cm³/mol. The maximum Gasteiger partial charge on any atom is 0.263 e. The number of sulfonamides is 1. The molecule has 0 unspecified atom stereocenters. The molecule has 0 aliphatic rings. The summed E-state index contributed by atoms with van der Waals surface area (Å²) in [6.07, 6.45) is 0. The first-order valence-electron chi connectivity index (χ1n) is 8.26. The number of hydrogen-bond acceptors (Lipinski definition) is 3. The topological polar surface area (TPSA) is 75.3 Å². The third-order valence-corrected chi connectivity index (χ3v) is 6.14. The lowest BCUT2D eigenvalue weighted by Crippen LogP contribution is -2.23. The molecule has 144 valence electrons. The maximum absolute atomic E-state index is 12.7. The Labute approximate surface area is 173 Å². The normalized spacial score (nSPS) is 11.1. The number of amides is 1. The molecule has 3 aromatic rings. The Bertz CT molecular complexity index is 1100. The predicted octanol–water partition coefficient (Wildman–Crippen LogP) is 4.72. The van der Waals surface area contributed by atoms with E-state index in [1.165, 1.54) is 18.2 Å². The fourth-order valence-electron chi connectivity index (χ4n) is 2.49. The molecule has 5 nitrogen and oxygen atoms in total. The number of benzene rings is 3. The van der Waals surface area contributed by atoms with Gasteiger partial charge in [0.05, 0.1) is 5.02 Å². The van der Waals surface area contributed by atoms with E-state index in [4.69, 9.17) is 23.2 Å². The van der Waals surface area contributed by atoms with Crippen LogP contribution < -0.4 is 10.0 Å². The summed E-state index contributed by atoms with van der Waals surface area (Å²) in [4.78, 5) is 12.3. The quantitative estimate of drug-likeness (QED) is 0.588. The van der Waals surface area contributed by atoms with Crippen LogP contribution >= 0.6 is 23.2 Å².